The Labute approximate surface area is 163 Å². The van der Waals surface area contributed by atoms with Gasteiger partial charge in [0.2, 0.25) is 11.8 Å². The molecule has 28 heavy (non-hydrogen) atoms. The van der Waals surface area contributed by atoms with Crippen molar-refractivity contribution in [2.45, 2.75) is 33.7 Å². The number of rotatable bonds is 5. The Morgan fingerprint density at radius 2 is 1.93 bits per heavy atom. The highest BCUT2D eigenvalue weighted by Crippen LogP contribution is 2.28. The quantitative estimate of drug-likeness (QED) is 0.558. The summed E-state index contributed by atoms with van der Waals surface area (Å²) in [7, 11) is 0. The molecular formula is C22H22N4O2. The van der Waals surface area contributed by atoms with E-state index in [-0.39, 0.29) is 12.5 Å². The number of amides is 1. The maximum Gasteiger partial charge on any atom is 0.264 e. The first-order chi connectivity index (χ1) is 13.6. The largest absolute Gasteiger partial charge is 0.419 e. The van der Waals surface area contributed by atoms with E-state index >= 15 is 0 Å². The van der Waals surface area contributed by atoms with Gasteiger partial charge >= 0.3 is 0 Å². The van der Waals surface area contributed by atoms with Crippen molar-refractivity contribution >= 4 is 22.5 Å². The van der Waals surface area contributed by atoms with Gasteiger partial charge in [-0.25, -0.2) is 0 Å². The summed E-state index contributed by atoms with van der Waals surface area (Å²) < 4.78 is 7.67. The van der Waals surface area contributed by atoms with Crippen molar-refractivity contribution in [2.75, 3.05) is 5.32 Å². The Kier molecular flexibility index (Phi) is 4.69. The van der Waals surface area contributed by atoms with Crippen LogP contribution in [-0.4, -0.2) is 20.7 Å². The molecule has 2 aromatic heterocycles. The van der Waals surface area contributed by atoms with Crippen LogP contribution in [-0.2, 0) is 17.8 Å². The van der Waals surface area contributed by atoms with E-state index in [1.807, 2.05) is 73.9 Å². The zero-order valence-electron chi connectivity index (χ0n) is 16.2. The van der Waals surface area contributed by atoms with Crippen molar-refractivity contribution in [1.29, 1.82) is 0 Å². The molecule has 0 atom stereocenters. The number of aryl methyl sites for hydroxylation is 2. The number of aromatic nitrogens is 3. The number of hydrogen-bond donors (Lipinski definition) is 1. The van der Waals surface area contributed by atoms with Crippen molar-refractivity contribution in [2.24, 2.45) is 0 Å². The molecule has 0 aliphatic carbocycles. The Balaban J connectivity index is 1.70. The average molecular weight is 374 g/mol. The summed E-state index contributed by atoms with van der Waals surface area (Å²) in [6.07, 6.45) is 0.667. The lowest BCUT2D eigenvalue weighted by Gasteiger charge is -2.12. The molecule has 1 N–H and O–H groups in total. The second kappa shape index (κ2) is 7.31. The average Bonchev–Trinajstić information content (AvgIpc) is 3.30. The molecule has 0 aliphatic heterocycles. The van der Waals surface area contributed by atoms with Crippen LogP contribution in [0.2, 0.25) is 0 Å². The molecule has 2 aromatic carbocycles. The summed E-state index contributed by atoms with van der Waals surface area (Å²) in [5.41, 5.74) is 4.73. The maximum atomic E-state index is 12.8. The van der Waals surface area contributed by atoms with Crippen molar-refractivity contribution in [3.05, 3.63) is 65.5 Å². The molecule has 2 heterocycles. The smallest absolute Gasteiger partial charge is 0.264 e. The number of para-hydroxylation sites is 1. The Bertz CT molecular complexity index is 1160. The molecule has 6 nitrogen and oxygen atoms in total. The second-order valence-corrected chi connectivity index (χ2v) is 6.82. The van der Waals surface area contributed by atoms with Crippen molar-refractivity contribution in [3.63, 3.8) is 0 Å². The van der Waals surface area contributed by atoms with Crippen LogP contribution in [0.3, 0.4) is 0 Å². The molecule has 4 rings (SSSR count). The standard InChI is InChI=1S/C22H22N4O2/c1-4-21-24-25-22(28-21)19-12-16-9-5-6-11-18(16)26(19)13-20(27)23-17-10-7-8-14(2)15(17)3/h5-12H,4,13H2,1-3H3,(H,23,27). The fourth-order valence-corrected chi connectivity index (χ4v) is 3.28. The van der Waals surface area contributed by atoms with Gasteiger partial charge in [0.25, 0.3) is 5.89 Å². The third kappa shape index (κ3) is 3.29. The summed E-state index contributed by atoms with van der Waals surface area (Å²) in [5, 5.41) is 12.3. The third-order valence-electron chi connectivity index (χ3n) is 4.98. The molecule has 0 unspecified atom stereocenters. The SMILES string of the molecule is CCc1nnc(-c2cc3ccccc3n2CC(=O)Nc2cccc(C)c2C)o1. The van der Waals surface area contributed by atoms with Gasteiger partial charge in [-0.15, -0.1) is 10.2 Å². The molecule has 0 saturated carbocycles. The Morgan fingerprint density at radius 1 is 1.11 bits per heavy atom. The number of benzene rings is 2. The minimum atomic E-state index is -0.105. The maximum absolute atomic E-state index is 12.8. The second-order valence-electron chi connectivity index (χ2n) is 6.82. The van der Waals surface area contributed by atoms with E-state index < -0.39 is 0 Å². The van der Waals surface area contributed by atoms with Crippen LogP contribution in [0, 0.1) is 13.8 Å². The van der Waals surface area contributed by atoms with Gasteiger partial charge in [-0.3, -0.25) is 4.79 Å². The molecule has 1 amide bonds. The number of nitrogens with one attached hydrogen (secondary N) is 1. The van der Waals surface area contributed by atoms with Crippen LogP contribution >= 0.6 is 0 Å². The van der Waals surface area contributed by atoms with E-state index in [0.29, 0.717) is 18.2 Å². The highest BCUT2D eigenvalue weighted by Gasteiger charge is 2.18. The Morgan fingerprint density at radius 3 is 2.71 bits per heavy atom. The van der Waals surface area contributed by atoms with Crippen LogP contribution in [0.4, 0.5) is 5.69 Å². The van der Waals surface area contributed by atoms with Gasteiger partial charge in [-0.1, -0.05) is 37.3 Å². The molecule has 0 aliphatic rings. The van der Waals surface area contributed by atoms with E-state index in [1.165, 1.54) is 0 Å². The fraction of sp³-hybridized carbons (Fsp3) is 0.227. The van der Waals surface area contributed by atoms with E-state index in [4.69, 9.17) is 4.42 Å². The fourth-order valence-electron chi connectivity index (χ4n) is 3.28. The molecule has 0 saturated heterocycles. The van der Waals surface area contributed by atoms with Gasteiger partial charge < -0.3 is 14.3 Å². The Hall–Kier alpha value is -3.41. The highest BCUT2D eigenvalue weighted by molar-refractivity contribution is 5.94. The van der Waals surface area contributed by atoms with Crippen molar-refractivity contribution in [3.8, 4) is 11.6 Å². The van der Waals surface area contributed by atoms with E-state index in [1.54, 1.807) is 0 Å². The van der Waals surface area contributed by atoms with Crippen LogP contribution in [0.25, 0.3) is 22.5 Å². The normalized spacial score (nSPS) is 11.1. The van der Waals surface area contributed by atoms with Crippen molar-refractivity contribution < 1.29 is 9.21 Å². The number of nitrogens with zero attached hydrogens (tertiary/aromatic N) is 3. The zero-order valence-corrected chi connectivity index (χ0v) is 16.2. The molecule has 0 spiro atoms. The van der Waals surface area contributed by atoms with Gasteiger partial charge in [0.05, 0.1) is 0 Å². The van der Waals surface area contributed by atoms with Crippen molar-refractivity contribution in [1.82, 2.24) is 14.8 Å². The first-order valence-electron chi connectivity index (χ1n) is 9.34. The molecule has 0 fully saturated rings. The van der Waals surface area contributed by atoms with E-state index in [2.05, 4.69) is 15.5 Å². The predicted molar refractivity (Wildman–Crippen MR) is 109 cm³/mol. The third-order valence-corrected chi connectivity index (χ3v) is 4.98. The number of carbonyl (C=O) groups is 1. The highest BCUT2D eigenvalue weighted by atomic mass is 16.4. The number of carbonyl (C=O) groups excluding carboxylic acids is 1. The van der Waals surface area contributed by atoms with Crippen LogP contribution in [0.5, 0.6) is 0 Å². The molecular weight excluding hydrogens is 352 g/mol. The summed E-state index contributed by atoms with van der Waals surface area (Å²) in [5.74, 6) is 0.894. The molecule has 142 valence electrons. The number of fused-ring (bicyclic) bond motifs is 1. The molecule has 6 heteroatoms. The number of hydrogen-bond acceptors (Lipinski definition) is 4. The number of anilines is 1. The van der Waals surface area contributed by atoms with Crippen LogP contribution in [0.1, 0.15) is 23.9 Å². The van der Waals surface area contributed by atoms with Gasteiger partial charge in [0, 0.05) is 23.0 Å². The lowest BCUT2D eigenvalue weighted by atomic mass is 10.1. The van der Waals surface area contributed by atoms with Gasteiger partial charge in [0.1, 0.15) is 12.2 Å². The first-order valence-corrected chi connectivity index (χ1v) is 9.34. The lowest BCUT2D eigenvalue weighted by molar-refractivity contribution is -0.116. The topological polar surface area (TPSA) is 73.0 Å². The summed E-state index contributed by atoms with van der Waals surface area (Å²) in [6.45, 7) is 6.15. The summed E-state index contributed by atoms with van der Waals surface area (Å²) in [6, 6.07) is 15.8. The summed E-state index contributed by atoms with van der Waals surface area (Å²) >= 11 is 0. The van der Waals surface area contributed by atoms with Crippen LogP contribution < -0.4 is 5.32 Å². The first kappa shape index (κ1) is 18.0. The van der Waals surface area contributed by atoms with E-state index in [9.17, 15) is 4.79 Å². The predicted octanol–water partition coefficient (Wildman–Crippen LogP) is 4.51. The van der Waals surface area contributed by atoms with Gasteiger partial charge in [0.15, 0.2) is 0 Å². The minimum absolute atomic E-state index is 0.105. The monoisotopic (exact) mass is 374 g/mol. The minimum Gasteiger partial charge on any atom is -0.419 e. The van der Waals surface area contributed by atoms with Gasteiger partial charge in [-0.2, -0.15) is 0 Å². The van der Waals surface area contributed by atoms with E-state index in [0.717, 1.165) is 33.4 Å². The molecule has 0 radical (unpaired) electrons. The van der Waals surface area contributed by atoms with Gasteiger partial charge in [-0.05, 0) is 43.2 Å². The molecule has 0 bridgehead atoms. The summed E-state index contributed by atoms with van der Waals surface area (Å²) in [4.78, 5) is 12.8. The zero-order chi connectivity index (χ0) is 19.7. The van der Waals surface area contributed by atoms with Crippen LogP contribution in [0.15, 0.2) is 52.9 Å². The lowest BCUT2D eigenvalue weighted by Crippen LogP contribution is -2.20. The molecule has 4 aromatic rings.